The molecular formula is C16H13BrN4O. The predicted octanol–water partition coefficient (Wildman–Crippen LogP) is 3.50. The second-order valence-electron chi connectivity index (χ2n) is 4.54. The van der Waals surface area contributed by atoms with Crippen LogP contribution in [0, 0.1) is 0 Å². The van der Waals surface area contributed by atoms with Crippen molar-refractivity contribution in [1.82, 2.24) is 14.9 Å². The number of hydrogen-bond donors (Lipinski definition) is 0. The highest BCUT2D eigenvalue weighted by Crippen LogP contribution is 2.23. The van der Waals surface area contributed by atoms with Crippen molar-refractivity contribution in [2.24, 2.45) is 5.10 Å². The Morgan fingerprint density at radius 1 is 1.09 bits per heavy atom. The number of benzene rings is 2. The SMILES string of the molecule is Brc1ccc(OCc2ccccc2)c(C=Nn2cnnc2)c1. The summed E-state index contributed by atoms with van der Waals surface area (Å²) in [5.74, 6) is 0.767. The molecule has 0 aliphatic carbocycles. The van der Waals surface area contributed by atoms with Crippen LogP contribution in [0.15, 0.2) is 70.8 Å². The summed E-state index contributed by atoms with van der Waals surface area (Å²) in [4.78, 5) is 0. The lowest BCUT2D eigenvalue weighted by atomic mass is 10.2. The Balaban J connectivity index is 1.78. The summed E-state index contributed by atoms with van der Waals surface area (Å²) in [6.07, 6.45) is 4.77. The molecule has 0 saturated heterocycles. The lowest BCUT2D eigenvalue weighted by Gasteiger charge is -2.09. The second kappa shape index (κ2) is 7.00. The maximum atomic E-state index is 5.90. The molecule has 1 aromatic heterocycles. The molecule has 2 aromatic carbocycles. The van der Waals surface area contributed by atoms with E-state index in [0.29, 0.717) is 6.61 Å². The molecule has 1 heterocycles. The third-order valence-electron chi connectivity index (χ3n) is 2.95. The third kappa shape index (κ3) is 3.79. The number of ether oxygens (including phenoxy) is 1. The molecular weight excluding hydrogens is 344 g/mol. The number of aromatic nitrogens is 3. The van der Waals surface area contributed by atoms with Crippen molar-refractivity contribution in [2.45, 2.75) is 6.61 Å². The van der Waals surface area contributed by atoms with Crippen LogP contribution in [0.1, 0.15) is 11.1 Å². The van der Waals surface area contributed by atoms with Crippen LogP contribution in [0.4, 0.5) is 0 Å². The monoisotopic (exact) mass is 356 g/mol. The van der Waals surface area contributed by atoms with Gasteiger partial charge in [-0.25, -0.2) is 4.68 Å². The first-order valence-electron chi connectivity index (χ1n) is 6.66. The van der Waals surface area contributed by atoms with Crippen molar-refractivity contribution in [3.63, 3.8) is 0 Å². The van der Waals surface area contributed by atoms with Crippen LogP contribution in [0.3, 0.4) is 0 Å². The van der Waals surface area contributed by atoms with E-state index in [1.54, 1.807) is 6.21 Å². The van der Waals surface area contributed by atoms with E-state index in [2.05, 4.69) is 31.2 Å². The highest BCUT2D eigenvalue weighted by molar-refractivity contribution is 9.10. The van der Waals surface area contributed by atoms with Gasteiger partial charge < -0.3 is 4.74 Å². The Labute approximate surface area is 136 Å². The maximum absolute atomic E-state index is 5.90. The molecule has 3 aromatic rings. The Bertz CT molecular complexity index is 757. The van der Waals surface area contributed by atoms with Crippen LogP contribution in [-0.2, 0) is 6.61 Å². The molecule has 0 N–H and O–H groups in total. The van der Waals surface area contributed by atoms with Gasteiger partial charge in [-0.3, -0.25) is 0 Å². The van der Waals surface area contributed by atoms with Crippen LogP contribution in [0.2, 0.25) is 0 Å². The fourth-order valence-corrected chi connectivity index (χ4v) is 2.25. The number of hydrogen-bond acceptors (Lipinski definition) is 4. The molecule has 3 rings (SSSR count). The van der Waals surface area contributed by atoms with Crippen molar-refractivity contribution >= 4 is 22.1 Å². The summed E-state index contributed by atoms with van der Waals surface area (Å²) >= 11 is 3.46. The van der Waals surface area contributed by atoms with Gasteiger partial charge in [0.25, 0.3) is 0 Å². The summed E-state index contributed by atoms with van der Waals surface area (Å²) in [5.41, 5.74) is 1.99. The summed E-state index contributed by atoms with van der Waals surface area (Å²) in [7, 11) is 0. The van der Waals surface area contributed by atoms with Crippen molar-refractivity contribution in [3.05, 3.63) is 76.8 Å². The normalized spacial score (nSPS) is 11.0. The molecule has 0 amide bonds. The quantitative estimate of drug-likeness (QED) is 0.657. The molecule has 0 fully saturated rings. The Morgan fingerprint density at radius 3 is 2.64 bits per heavy atom. The van der Waals surface area contributed by atoms with E-state index < -0.39 is 0 Å². The van der Waals surface area contributed by atoms with Gasteiger partial charge in [0.05, 0.1) is 6.21 Å². The fourth-order valence-electron chi connectivity index (χ4n) is 1.87. The van der Waals surface area contributed by atoms with Gasteiger partial charge in [-0.1, -0.05) is 46.3 Å². The smallest absolute Gasteiger partial charge is 0.141 e. The fraction of sp³-hybridized carbons (Fsp3) is 0.0625. The molecule has 0 aliphatic rings. The van der Waals surface area contributed by atoms with Gasteiger partial charge >= 0.3 is 0 Å². The van der Waals surface area contributed by atoms with Crippen molar-refractivity contribution in [1.29, 1.82) is 0 Å². The van der Waals surface area contributed by atoms with Crippen LogP contribution < -0.4 is 4.74 Å². The van der Waals surface area contributed by atoms with Gasteiger partial charge in [-0.05, 0) is 23.8 Å². The van der Waals surface area contributed by atoms with Crippen LogP contribution in [0.25, 0.3) is 0 Å². The molecule has 22 heavy (non-hydrogen) atoms. The summed E-state index contributed by atoms with van der Waals surface area (Å²) in [6.45, 7) is 0.510. The first-order valence-corrected chi connectivity index (χ1v) is 7.46. The van der Waals surface area contributed by atoms with Gasteiger partial charge in [0.15, 0.2) is 0 Å². The van der Waals surface area contributed by atoms with Crippen molar-refractivity contribution in [3.8, 4) is 5.75 Å². The van der Waals surface area contributed by atoms with E-state index in [0.717, 1.165) is 21.3 Å². The first-order chi connectivity index (χ1) is 10.8. The highest BCUT2D eigenvalue weighted by Gasteiger charge is 2.03. The second-order valence-corrected chi connectivity index (χ2v) is 5.46. The van der Waals surface area contributed by atoms with E-state index in [-0.39, 0.29) is 0 Å². The predicted molar refractivity (Wildman–Crippen MR) is 87.9 cm³/mol. The zero-order valence-corrected chi connectivity index (χ0v) is 13.2. The molecule has 6 heteroatoms. The topological polar surface area (TPSA) is 52.3 Å². The molecule has 110 valence electrons. The standard InChI is InChI=1S/C16H13BrN4O/c17-15-6-7-16(22-10-13-4-2-1-3-5-13)14(8-15)9-20-21-11-18-19-12-21/h1-9,11-12H,10H2. The van der Waals surface area contributed by atoms with E-state index in [1.165, 1.54) is 17.3 Å². The highest BCUT2D eigenvalue weighted by atomic mass is 79.9. The van der Waals surface area contributed by atoms with E-state index in [1.807, 2.05) is 48.5 Å². The zero-order chi connectivity index (χ0) is 15.2. The molecule has 0 saturated carbocycles. The van der Waals surface area contributed by atoms with Gasteiger partial charge in [-0.15, -0.1) is 10.2 Å². The largest absolute Gasteiger partial charge is 0.488 e. The molecule has 0 bridgehead atoms. The summed E-state index contributed by atoms with van der Waals surface area (Å²) < 4.78 is 8.39. The molecule has 0 atom stereocenters. The van der Waals surface area contributed by atoms with E-state index in [9.17, 15) is 0 Å². The Morgan fingerprint density at radius 2 is 1.86 bits per heavy atom. The van der Waals surface area contributed by atoms with E-state index in [4.69, 9.17) is 4.74 Å². The lowest BCUT2D eigenvalue weighted by molar-refractivity contribution is 0.305. The minimum absolute atomic E-state index is 0.510. The summed E-state index contributed by atoms with van der Waals surface area (Å²) in [5, 5.41) is 11.7. The lowest BCUT2D eigenvalue weighted by Crippen LogP contribution is -1.99. The van der Waals surface area contributed by atoms with Crippen LogP contribution in [0.5, 0.6) is 5.75 Å². The first kappa shape index (κ1) is 14.5. The van der Waals surface area contributed by atoms with Crippen LogP contribution in [-0.4, -0.2) is 21.1 Å². The molecule has 0 unspecified atom stereocenters. The number of halogens is 1. The Kier molecular flexibility index (Phi) is 4.60. The van der Waals surface area contributed by atoms with Gasteiger partial charge in [-0.2, -0.15) is 5.10 Å². The minimum atomic E-state index is 0.510. The zero-order valence-electron chi connectivity index (χ0n) is 11.6. The maximum Gasteiger partial charge on any atom is 0.141 e. The van der Waals surface area contributed by atoms with Gasteiger partial charge in [0.2, 0.25) is 0 Å². The average Bonchev–Trinajstić information content (AvgIpc) is 3.06. The average molecular weight is 357 g/mol. The van der Waals surface area contributed by atoms with Crippen LogP contribution >= 0.6 is 15.9 Å². The molecule has 0 aliphatic heterocycles. The number of nitrogens with zero attached hydrogens (tertiary/aromatic N) is 4. The molecule has 0 spiro atoms. The van der Waals surface area contributed by atoms with Crippen molar-refractivity contribution in [2.75, 3.05) is 0 Å². The molecule has 0 radical (unpaired) electrons. The Hall–Kier alpha value is -2.47. The van der Waals surface area contributed by atoms with Gasteiger partial charge in [0.1, 0.15) is 25.0 Å². The van der Waals surface area contributed by atoms with Gasteiger partial charge in [0, 0.05) is 10.0 Å². The van der Waals surface area contributed by atoms with Crippen molar-refractivity contribution < 1.29 is 4.74 Å². The third-order valence-corrected chi connectivity index (χ3v) is 3.44. The summed E-state index contributed by atoms with van der Waals surface area (Å²) in [6, 6.07) is 15.8. The molecule has 5 nitrogen and oxygen atoms in total. The minimum Gasteiger partial charge on any atom is -0.488 e. The van der Waals surface area contributed by atoms with E-state index >= 15 is 0 Å². The number of rotatable bonds is 5.